The quantitative estimate of drug-likeness (QED) is 0.782. The molecule has 24 heavy (non-hydrogen) atoms. The maximum absolute atomic E-state index is 12.4. The van der Waals surface area contributed by atoms with Gasteiger partial charge in [-0.05, 0) is 23.3 Å². The summed E-state index contributed by atoms with van der Waals surface area (Å²) in [5.41, 5.74) is 3.89. The molecule has 0 fully saturated rings. The molecule has 0 radical (unpaired) electrons. The minimum atomic E-state index is -0.137. The van der Waals surface area contributed by atoms with Gasteiger partial charge in [0, 0.05) is 12.0 Å². The molecule has 1 amide bonds. The van der Waals surface area contributed by atoms with Crippen molar-refractivity contribution in [1.29, 1.82) is 0 Å². The van der Waals surface area contributed by atoms with Gasteiger partial charge in [0.15, 0.2) is 5.13 Å². The van der Waals surface area contributed by atoms with Crippen LogP contribution in [0.3, 0.4) is 0 Å². The van der Waals surface area contributed by atoms with Crippen molar-refractivity contribution in [1.82, 2.24) is 4.98 Å². The first-order valence-electron chi connectivity index (χ1n) is 7.83. The van der Waals surface area contributed by atoms with Crippen LogP contribution in [0.25, 0.3) is 11.1 Å². The zero-order chi connectivity index (χ0) is 16.4. The highest BCUT2D eigenvalue weighted by molar-refractivity contribution is 7.15. The molecule has 0 saturated heterocycles. The highest BCUT2D eigenvalue weighted by Crippen LogP contribution is 2.27. The number of fused-ring (bicyclic) bond motifs is 1. The second-order valence-corrected chi connectivity index (χ2v) is 6.67. The lowest BCUT2D eigenvalue weighted by atomic mass is 10.0. The van der Waals surface area contributed by atoms with Gasteiger partial charge in [-0.25, -0.2) is 4.98 Å². The zero-order valence-electron chi connectivity index (χ0n) is 13.0. The Morgan fingerprint density at radius 2 is 1.79 bits per heavy atom. The van der Waals surface area contributed by atoms with E-state index >= 15 is 0 Å². The summed E-state index contributed by atoms with van der Waals surface area (Å²) < 4.78 is 5.41. The summed E-state index contributed by atoms with van der Waals surface area (Å²) in [6.45, 7) is 1.29. The number of nitrogens with zero attached hydrogens (tertiary/aromatic N) is 1. The summed E-state index contributed by atoms with van der Waals surface area (Å²) in [5.74, 6) is -0.137. The molecule has 1 aliphatic rings. The Balaban J connectivity index is 1.49. The van der Waals surface area contributed by atoms with Gasteiger partial charge in [-0.2, -0.15) is 0 Å². The van der Waals surface area contributed by atoms with Crippen LogP contribution < -0.4 is 5.32 Å². The Kier molecular flexibility index (Phi) is 4.11. The Labute approximate surface area is 144 Å². The largest absolute Gasteiger partial charge is 0.375 e. The first kappa shape index (κ1) is 15.1. The number of thiazole rings is 1. The van der Waals surface area contributed by atoms with Crippen molar-refractivity contribution in [3.63, 3.8) is 0 Å². The van der Waals surface area contributed by atoms with Gasteiger partial charge in [0.1, 0.15) is 0 Å². The molecule has 3 aromatic rings. The summed E-state index contributed by atoms with van der Waals surface area (Å²) in [4.78, 5) is 18.0. The molecule has 0 unspecified atom stereocenters. The second-order valence-electron chi connectivity index (χ2n) is 5.59. The Morgan fingerprint density at radius 1 is 1.04 bits per heavy atom. The van der Waals surface area contributed by atoms with Crippen molar-refractivity contribution in [2.45, 2.75) is 13.0 Å². The van der Waals surface area contributed by atoms with Gasteiger partial charge < -0.3 is 4.74 Å². The molecule has 0 bridgehead atoms. The maximum Gasteiger partial charge on any atom is 0.257 e. The summed E-state index contributed by atoms with van der Waals surface area (Å²) >= 11 is 1.49. The SMILES string of the molecule is O=C(Nc1nc2c(s1)COCC2)c1ccc(-c2ccccc2)cc1. The molecule has 2 heterocycles. The van der Waals surface area contributed by atoms with E-state index in [0.717, 1.165) is 28.1 Å². The van der Waals surface area contributed by atoms with Gasteiger partial charge in [-0.3, -0.25) is 10.1 Å². The van der Waals surface area contributed by atoms with Crippen molar-refractivity contribution in [3.05, 3.63) is 70.7 Å². The first-order chi connectivity index (χ1) is 11.8. The molecule has 1 aromatic heterocycles. The molecule has 0 saturated carbocycles. The van der Waals surface area contributed by atoms with Crippen LogP contribution in [0, 0.1) is 0 Å². The molecule has 0 spiro atoms. The third-order valence-corrected chi connectivity index (χ3v) is 4.96. The normalized spacial score (nSPS) is 13.3. The van der Waals surface area contributed by atoms with Gasteiger partial charge in [-0.1, -0.05) is 53.8 Å². The summed E-state index contributed by atoms with van der Waals surface area (Å²) in [7, 11) is 0. The van der Waals surface area contributed by atoms with Crippen LogP contribution >= 0.6 is 11.3 Å². The number of aromatic nitrogens is 1. The van der Waals surface area contributed by atoms with Crippen molar-refractivity contribution in [2.24, 2.45) is 0 Å². The molecule has 1 aliphatic heterocycles. The average molecular weight is 336 g/mol. The molecule has 5 heteroatoms. The van der Waals surface area contributed by atoms with E-state index in [0.29, 0.717) is 23.9 Å². The number of amides is 1. The van der Waals surface area contributed by atoms with E-state index in [-0.39, 0.29) is 5.91 Å². The highest BCUT2D eigenvalue weighted by atomic mass is 32.1. The number of nitrogens with one attached hydrogen (secondary N) is 1. The van der Waals surface area contributed by atoms with E-state index in [2.05, 4.69) is 22.4 Å². The van der Waals surface area contributed by atoms with Crippen LogP contribution in [0.2, 0.25) is 0 Å². The van der Waals surface area contributed by atoms with E-state index in [1.165, 1.54) is 11.3 Å². The standard InChI is InChI=1S/C19H16N2O2S/c22-18(21-19-20-16-10-11-23-12-17(16)24-19)15-8-6-14(7-9-15)13-4-2-1-3-5-13/h1-9H,10-12H2,(H,20,21,22). The van der Waals surface area contributed by atoms with Crippen LogP contribution in [0.5, 0.6) is 0 Å². The van der Waals surface area contributed by atoms with Crippen molar-refractivity contribution < 1.29 is 9.53 Å². The smallest absolute Gasteiger partial charge is 0.257 e. The molecular weight excluding hydrogens is 320 g/mol. The Bertz CT molecular complexity index is 833. The van der Waals surface area contributed by atoms with Crippen molar-refractivity contribution in [2.75, 3.05) is 11.9 Å². The number of hydrogen-bond acceptors (Lipinski definition) is 4. The van der Waals surface area contributed by atoms with Gasteiger partial charge in [0.2, 0.25) is 0 Å². The average Bonchev–Trinajstić information content (AvgIpc) is 3.05. The van der Waals surface area contributed by atoms with Crippen LogP contribution in [0.4, 0.5) is 5.13 Å². The summed E-state index contributed by atoms with van der Waals surface area (Å²) in [6.07, 6.45) is 0.813. The van der Waals surface area contributed by atoms with Crippen LogP contribution in [0.15, 0.2) is 54.6 Å². The number of benzene rings is 2. The number of carbonyl (C=O) groups is 1. The third kappa shape index (κ3) is 3.09. The molecule has 2 aromatic carbocycles. The van der Waals surface area contributed by atoms with Crippen LogP contribution in [-0.4, -0.2) is 17.5 Å². The third-order valence-electron chi connectivity index (χ3n) is 3.97. The molecule has 4 nitrogen and oxygen atoms in total. The fourth-order valence-electron chi connectivity index (χ4n) is 2.69. The number of anilines is 1. The lowest BCUT2D eigenvalue weighted by Crippen LogP contribution is -2.11. The molecule has 0 aliphatic carbocycles. The minimum Gasteiger partial charge on any atom is -0.375 e. The van der Waals surface area contributed by atoms with Crippen molar-refractivity contribution in [3.8, 4) is 11.1 Å². The number of carbonyl (C=O) groups excluding carboxylic acids is 1. The summed E-state index contributed by atoms with van der Waals surface area (Å²) in [5, 5.41) is 3.53. The van der Waals surface area contributed by atoms with Crippen LogP contribution in [0.1, 0.15) is 20.9 Å². The molecular formula is C19H16N2O2S. The van der Waals surface area contributed by atoms with E-state index < -0.39 is 0 Å². The zero-order valence-corrected chi connectivity index (χ0v) is 13.8. The summed E-state index contributed by atoms with van der Waals surface area (Å²) in [6, 6.07) is 17.7. The fourth-order valence-corrected chi connectivity index (χ4v) is 3.63. The monoisotopic (exact) mass is 336 g/mol. The Morgan fingerprint density at radius 3 is 2.54 bits per heavy atom. The number of hydrogen-bond donors (Lipinski definition) is 1. The first-order valence-corrected chi connectivity index (χ1v) is 8.64. The van der Waals surface area contributed by atoms with E-state index in [4.69, 9.17) is 4.74 Å². The van der Waals surface area contributed by atoms with Crippen LogP contribution in [-0.2, 0) is 17.8 Å². The minimum absolute atomic E-state index is 0.137. The van der Waals surface area contributed by atoms with Crippen molar-refractivity contribution >= 4 is 22.4 Å². The lowest BCUT2D eigenvalue weighted by Gasteiger charge is -2.08. The predicted molar refractivity (Wildman–Crippen MR) is 95.3 cm³/mol. The number of ether oxygens (including phenoxy) is 1. The van der Waals surface area contributed by atoms with Gasteiger partial charge >= 0.3 is 0 Å². The number of rotatable bonds is 3. The predicted octanol–water partition coefficient (Wildman–Crippen LogP) is 4.14. The van der Waals surface area contributed by atoms with Gasteiger partial charge in [0.25, 0.3) is 5.91 Å². The highest BCUT2D eigenvalue weighted by Gasteiger charge is 2.17. The molecule has 4 rings (SSSR count). The molecule has 1 N–H and O–H groups in total. The van der Waals surface area contributed by atoms with E-state index in [1.54, 1.807) is 0 Å². The molecule has 120 valence electrons. The molecule has 0 atom stereocenters. The Hall–Kier alpha value is -2.50. The maximum atomic E-state index is 12.4. The van der Waals surface area contributed by atoms with E-state index in [9.17, 15) is 4.79 Å². The van der Waals surface area contributed by atoms with Gasteiger partial charge in [0.05, 0.1) is 23.8 Å². The van der Waals surface area contributed by atoms with E-state index in [1.807, 2.05) is 42.5 Å². The second kappa shape index (κ2) is 6.55. The fraction of sp³-hybridized carbons (Fsp3) is 0.158. The van der Waals surface area contributed by atoms with Gasteiger partial charge in [-0.15, -0.1) is 0 Å². The topological polar surface area (TPSA) is 51.2 Å². The lowest BCUT2D eigenvalue weighted by molar-refractivity contribution is 0.102.